The van der Waals surface area contributed by atoms with Gasteiger partial charge in [0.15, 0.2) is 0 Å². The number of hydrogen-bond donors (Lipinski definition) is 2. The third kappa shape index (κ3) is 3.91. The van der Waals surface area contributed by atoms with Crippen LogP contribution in [0.25, 0.3) is 0 Å². The van der Waals surface area contributed by atoms with E-state index in [-0.39, 0.29) is 29.1 Å². The summed E-state index contributed by atoms with van der Waals surface area (Å²) in [5.74, 6) is -0.568. The second-order valence-electron chi connectivity index (χ2n) is 5.07. The third-order valence-electron chi connectivity index (χ3n) is 3.04. The van der Waals surface area contributed by atoms with Crippen LogP contribution < -0.4 is 10.5 Å². The fourth-order valence-corrected chi connectivity index (χ4v) is 3.39. The summed E-state index contributed by atoms with van der Waals surface area (Å²) in [6, 6.07) is 1.89. The molecule has 5 nitrogen and oxygen atoms in total. The van der Waals surface area contributed by atoms with Crippen molar-refractivity contribution in [1.82, 2.24) is 4.72 Å². The first kappa shape index (κ1) is 16.9. The van der Waals surface area contributed by atoms with Crippen LogP contribution in [-0.2, 0) is 14.8 Å². The van der Waals surface area contributed by atoms with Gasteiger partial charge in [-0.1, -0.05) is 13.8 Å². The molecule has 0 saturated heterocycles. The summed E-state index contributed by atoms with van der Waals surface area (Å²) >= 11 is 0. The van der Waals surface area contributed by atoms with E-state index >= 15 is 0 Å². The van der Waals surface area contributed by atoms with Crippen molar-refractivity contribution in [1.29, 1.82) is 0 Å². The molecule has 0 bridgehead atoms. The highest BCUT2D eigenvalue weighted by Gasteiger charge is 2.24. The molecule has 0 aromatic heterocycles. The molecule has 0 aliphatic carbocycles. The summed E-state index contributed by atoms with van der Waals surface area (Å²) in [5, 5.41) is 0. The Bertz CT molecular complexity index is 573. The van der Waals surface area contributed by atoms with Crippen molar-refractivity contribution in [2.75, 3.05) is 19.5 Å². The number of aryl methyl sites for hydroxylation is 1. The van der Waals surface area contributed by atoms with Gasteiger partial charge in [0.2, 0.25) is 10.0 Å². The van der Waals surface area contributed by atoms with Gasteiger partial charge in [0.1, 0.15) is 5.82 Å². The van der Waals surface area contributed by atoms with Crippen LogP contribution in [0.3, 0.4) is 0 Å². The second kappa shape index (κ2) is 6.51. The van der Waals surface area contributed by atoms with E-state index in [9.17, 15) is 12.8 Å². The van der Waals surface area contributed by atoms with Gasteiger partial charge in [0.25, 0.3) is 0 Å². The Morgan fingerprint density at radius 3 is 2.50 bits per heavy atom. The summed E-state index contributed by atoms with van der Waals surface area (Å²) < 4.78 is 45.6. The van der Waals surface area contributed by atoms with E-state index in [2.05, 4.69) is 4.72 Å². The fourth-order valence-electron chi connectivity index (χ4n) is 1.76. The lowest BCUT2D eigenvalue weighted by molar-refractivity contribution is 0.157. The Kier molecular flexibility index (Phi) is 5.50. The number of nitrogen functional groups attached to an aromatic ring is 1. The second-order valence-corrected chi connectivity index (χ2v) is 6.75. The Morgan fingerprint density at radius 2 is 2.00 bits per heavy atom. The van der Waals surface area contributed by atoms with Crippen LogP contribution in [-0.4, -0.2) is 28.2 Å². The monoisotopic (exact) mass is 304 g/mol. The molecule has 0 spiro atoms. The molecule has 1 unspecified atom stereocenters. The number of sulfonamides is 1. The standard InChI is InChI=1S/C13H21FN2O3S/c1-8(2)12(7-19-4)16-20(17,18)13-6-11(15)10(14)5-9(13)3/h5-6,8,12,16H,7,15H2,1-4H3. The number of hydrogen-bond acceptors (Lipinski definition) is 4. The Labute approximate surface area is 119 Å². The Balaban J connectivity index is 3.13. The molecule has 7 heteroatoms. The summed E-state index contributed by atoms with van der Waals surface area (Å²) in [6.07, 6.45) is 0. The van der Waals surface area contributed by atoms with Crippen LogP contribution in [0.2, 0.25) is 0 Å². The molecule has 0 aliphatic heterocycles. The number of anilines is 1. The number of halogens is 1. The number of benzene rings is 1. The van der Waals surface area contributed by atoms with E-state index in [0.29, 0.717) is 5.56 Å². The SMILES string of the molecule is COCC(NS(=O)(=O)c1cc(N)c(F)cc1C)C(C)C. The third-order valence-corrected chi connectivity index (χ3v) is 4.67. The van der Waals surface area contributed by atoms with E-state index in [1.165, 1.54) is 14.0 Å². The van der Waals surface area contributed by atoms with Gasteiger partial charge in [-0.05, 0) is 30.5 Å². The lowest BCUT2D eigenvalue weighted by Crippen LogP contribution is -2.41. The number of methoxy groups -OCH3 is 1. The molecule has 1 atom stereocenters. The van der Waals surface area contributed by atoms with E-state index in [4.69, 9.17) is 10.5 Å². The zero-order valence-electron chi connectivity index (χ0n) is 12.1. The van der Waals surface area contributed by atoms with E-state index < -0.39 is 15.8 Å². The minimum atomic E-state index is -3.77. The molecule has 0 heterocycles. The zero-order valence-corrected chi connectivity index (χ0v) is 12.9. The summed E-state index contributed by atoms with van der Waals surface area (Å²) in [6.45, 7) is 5.56. The van der Waals surface area contributed by atoms with E-state index in [1.807, 2.05) is 13.8 Å². The summed E-state index contributed by atoms with van der Waals surface area (Å²) in [7, 11) is -2.27. The smallest absolute Gasteiger partial charge is 0.241 e. The van der Waals surface area contributed by atoms with Gasteiger partial charge < -0.3 is 10.5 Å². The van der Waals surface area contributed by atoms with E-state index in [1.54, 1.807) is 0 Å². The Morgan fingerprint density at radius 1 is 1.40 bits per heavy atom. The normalized spacial score (nSPS) is 13.7. The molecule has 114 valence electrons. The maximum Gasteiger partial charge on any atom is 0.241 e. The van der Waals surface area contributed by atoms with Gasteiger partial charge in [-0.25, -0.2) is 17.5 Å². The summed E-state index contributed by atoms with van der Waals surface area (Å²) in [5.41, 5.74) is 5.56. The average Bonchev–Trinajstić information content (AvgIpc) is 2.32. The van der Waals surface area contributed by atoms with Gasteiger partial charge >= 0.3 is 0 Å². The van der Waals surface area contributed by atoms with Crippen LogP contribution in [0.5, 0.6) is 0 Å². The minimum absolute atomic E-state index is 0.0156. The highest BCUT2D eigenvalue weighted by Crippen LogP contribution is 2.22. The first-order valence-corrected chi connectivity index (χ1v) is 7.74. The van der Waals surface area contributed by atoms with Gasteiger partial charge in [-0.15, -0.1) is 0 Å². The number of ether oxygens (including phenoxy) is 1. The predicted octanol–water partition coefficient (Wildman–Crippen LogP) is 1.67. The van der Waals surface area contributed by atoms with Crippen molar-refractivity contribution >= 4 is 15.7 Å². The first-order valence-electron chi connectivity index (χ1n) is 6.26. The molecule has 0 radical (unpaired) electrons. The molecule has 3 N–H and O–H groups in total. The van der Waals surface area contributed by atoms with Crippen molar-refractivity contribution in [3.63, 3.8) is 0 Å². The van der Waals surface area contributed by atoms with Gasteiger partial charge in [-0.2, -0.15) is 0 Å². The molecular formula is C13H21FN2O3S. The van der Waals surface area contributed by atoms with Crippen LogP contribution >= 0.6 is 0 Å². The van der Waals surface area contributed by atoms with Crippen molar-refractivity contribution < 1.29 is 17.5 Å². The molecular weight excluding hydrogens is 283 g/mol. The average molecular weight is 304 g/mol. The molecule has 20 heavy (non-hydrogen) atoms. The first-order chi connectivity index (χ1) is 9.19. The van der Waals surface area contributed by atoms with Gasteiger partial charge in [-0.3, -0.25) is 0 Å². The van der Waals surface area contributed by atoms with Crippen LogP contribution in [0.15, 0.2) is 17.0 Å². The van der Waals surface area contributed by atoms with Crippen molar-refractivity contribution in [3.05, 3.63) is 23.5 Å². The molecule has 0 aliphatic rings. The number of rotatable bonds is 6. The fraction of sp³-hybridized carbons (Fsp3) is 0.538. The van der Waals surface area contributed by atoms with Gasteiger partial charge in [0.05, 0.1) is 17.2 Å². The van der Waals surface area contributed by atoms with Crippen LogP contribution in [0.4, 0.5) is 10.1 Å². The summed E-state index contributed by atoms with van der Waals surface area (Å²) in [4.78, 5) is -0.0156. The van der Waals surface area contributed by atoms with Crippen LogP contribution in [0.1, 0.15) is 19.4 Å². The topological polar surface area (TPSA) is 81.4 Å². The van der Waals surface area contributed by atoms with E-state index in [0.717, 1.165) is 12.1 Å². The quantitative estimate of drug-likeness (QED) is 0.783. The lowest BCUT2D eigenvalue weighted by Gasteiger charge is -2.22. The molecule has 1 aromatic carbocycles. The maximum absolute atomic E-state index is 13.3. The highest BCUT2D eigenvalue weighted by molar-refractivity contribution is 7.89. The lowest BCUT2D eigenvalue weighted by atomic mass is 10.1. The Hall–Kier alpha value is -1.18. The molecule has 1 aromatic rings. The van der Waals surface area contributed by atoms with Crippen LogP contribution in [0, 0.1) is 18.7 Å². The minimum Gasteiger partial charge on any atom is -0.396 e. The predicted molar refractivity (Wildman–Crippen MR) is 76.4 cm³/mol. The maximum atomic E-state index is 13.3. The molecule has 1 rings (SSSR count). The van der Waals surface area contributed by atoms with Crippen molar-refractivity contribution in [2.24, 2.45) is 5.92 Å². The highest BCUT2D eigenvalue weighted by atomic mass is 32.2. The molecule has 0 fully saturated rings. The van der Waals surface area contributed by atoms with Crippen molar-refractivity contribution in [2.45, 2.75) is 31.7 Å². The molecule has 0 saturated carbocycles. The van der Waals surface area contributed by atoms with Gasteiger partial charge in [0, 0.05) is 13.2 Å². The number of nitrogens with one attached hydrogen (secondary N) is 1. The van der Waals surface area contributed by atoms with Crippen molar-refractivity contribution in [3.8, 4) is 0 Å². The zero-order chi connectivity index (χ0) is 15.5. The molecule has 0 amide bonds. The largest absolute Gasteiger partial charge is 0.396 e. The number of nitrogens with two attached hydrogens (primary N) is 1.